The van der Waals surface area contributed by atoms with Crippen LogP contribution in [0, 0.1) is 5.82 Å². The lowest BCUT2D eigenvalue weighted by Gasteiger charge is -2.47. The van der Waals surface area contributed by atoms with Crippen LogP contribution in [0.15, 0.2) is 73.1 Å². The first-order valence-corrected chi connectivity index (χ1v) is 13.4. The summed E-state index contributed by atoms with van der Waals surface area (Å²) in [6.45, 7) is 2.53. The molecule has 5 rings (SSSR count). The van der Waals surface area contributed by atoms with Gasteiger partial charge in [0.2, 0.25) is 0 Å². The van der Waals surface area contributed by atoms with Gasteiger partial charge in [0.05, 0.1) is 5.60 Å². The molecule has 1 aromatic heterocycles. The minimum absolute atomic E-state index is 0.0145. The SMILES string of the molecule is Fc1ccc(C2(CCNCc3ccccc3-c3ccncc3)CCOC3(CCCC3)C2)cc1.O=C(O)C(=O)O. The largest absolute Gasteiger partial charge is 0.473 e. The van der Waals surface area contributed by atoms with Crippen molar-refractivity contribution in [2.24, 2.45) is 0 Å². The number of benzene rings is 2. The number of carbonyl (C=O) groups is 2. The molecule has 1 spiro atoms. The topological polar surface area (TPSA) is 109 Å². The van der Waals surface area contributed by atoms with E-state index in [0.29, 0.717) is 0 Å². The van der Waals surface area contributed by atoms with E-state index < -0.39 is 11.9 Å². The lowest BCUT2D eigenvalue weighted by molar-refractivity contribution is -0.159. The number of halogens is 1. The molecule has 3 N–H and O–H groups in total. The van der Waals surface area contributed by atoms with Gasteiger partial charge in [0.15, 0.2) is 0 Å². The monoisotopic (exact) mass is 534 g/mol. The van der Waals surface area contributed by atoms with E-state index in [1.807, 2.05) is 24.5 Å². The molecule has 2 aliphatic rings. The zero-order chi connectivity index (χ0) is 27.7. The van der Waals surface area contributed by atoms with Crippen LogP contribution in [0.5, 0.6) is 0 Å². The number of pyridine rings is 1. The maximum atomic E-state index is 13.7. The predicted octanol–water partition coefficient (Wildman–Crippen LogP) is 5.58. The summed E-state index contributed by atoms with van der Waals surface area (Å²) < 4.78 is 20.1. The molecule has 1 aliphatic carbocycles. The van der Waals surface area contributed by atoms with Gasteiger partial charge in [-0.25, -0.2) is 14.0 Å². The third-order valence-electron chi connectivity index (χ3n) is 7.91. The van der Waals surface area contributed by atoms with Crippen molar-refractivity contribution < 1.29 is 28.9 Å². The van der Waals surface area contributed by atoms with Gasteiger partial charge in [-0.15, -0.1) is 0 Å². The lowest BCUT2D eigenvalue weighted by atomic mass is 9.66. The number of nitrogens with one attached hydrogen (secondary N) is 1. The van der Waals surface area contributed by atoms with E-state index in [9.17, 15) is 4.39 Å². The Bertz CT molecular complexity index is 1230. The number of hydrogen-bond acceptors (Lipinski definition) is 5. The number of nitrogens with zero attached hydrogens (tertiary/aromatic N) is 1. The van der Waals surface area contributed by atoms with Crippen molar-refractivity contribution in [3.8, 4) is 11.1 Å². The average Bonchev–Trinajstić information content (AvgIpc) is 3.39. The van der Waals surface area contributed by atoms with Crippen LogP contribution < -0.4 is 5.32 Å². The fourth-order valence-electron chi connectivity index (χ4n) is 6.01. The molecular weight excluding hydrogens is 499 g/mol. The smallest absolute Gasteiger partial charge is 0.414 e. The summed E-state index contributed by atoms with van der Waals surface area (Å²) in [6.07, 6.45) is 11.6. The molecule has 1 saturated heterocycles. The summed E-state index contributed by atoms with van der Waals surface area (Å²) in [7, 11) is 0. The van der Waals surface area contributed by atoms with Crippen LogP contribution in [0.1, 0.15) is 56.1 Å². The Morgan fingerprint density at radius 3 is 2.26 bits per heavy atom. The van der Waals surface area contributed by atoms with Crippen LogP contribution in [-0.4, -0.2) is 45.9 Å². The molecule has 0 radical (unpaired) electrons. The van der Waals surface area contributed by atoms with Crippen molar-refractivity contribution >= 4 is 11.9 Å². The number of carboxylic acid groups (broad SMARTS) is 2. The van der Waals surface area contributed by atoms with E-state index in [-0.39, 0.29) is 16.8 Å². The fraction of sp³-hybridized carbons (Fsp3) is 0.387. The molecule has 1 atom stereocenters. The summed E-state index contributed by atoms with van der Waals surface area (Å²) in [5, 5.41) is 18.5. The average molecular weight is 535 g/mol. The van der Waals surface area contributed by atoms with E-state index >= 15 is 0 Å². The molecule has 2 heterocycles. The van der Waals surface area contributed by atoms with Crippen molar-refractivity contribution in [3.63, 3.8) is 0 Å². The van der Waals surface area contributed by atoms with E-state index in [4.69, 9.17) is 24.5 Å². The van der Waals surface area contributed by atoms with Gasteiger partial charge in [-0.3, -0.25) is 4.98 Å². The summed E-state index contributed by atoms with van der Waals surface area (Å²) in [5.74, 6) is -3.81. The highest BCUT2D eigenvalue weighted by Crippen LogP contribution is 2.50. The van der Waals surface area contributed by atoms with Crippen LogP contribution in [0.3, 0.4) is 0 Å². The third kappa shape index (κ3) is 7.28. The number of aliphatic carboxylic acids is 2. The number of ether oxygens (including phenoxy) is 1. The van der Waals surface area contributed by atoms with Gasteiger partial charge in [0, 0.05) is 31.0 Å². The second-order valence-electron chi connectivity index (χ2n) is 10.4. The van der Waals surface area contributed by atoms with Crippen molar-refractivity contribution in [1.29, 1.82) is 0 Å². The van der Waals surface area contributed by atoms with Gasteiger partial charge >= 0.3 is 11.9 Å². The lowest BCUT2D eigenvalue weighted by Crippen LogP contribution is -2.47. The Balaban J connectivity index is 0.000000531. The Labute approximate surface area is 228 Å². The quantitative estimate of drug-likeness (QED) is 0.268. The molecule has 2 aromatic carbocycles. The molecule has 8 heteroatoms. The number of carboxylic acids is 2. The Hall–Kier alpha value is -3.62. The van der Waals surface area contributed by atoms with Crippen LogP contribution in [0.25, 0.3) is 11.1 Å². The molecule has 39 heavy (non-hydrogen) atoms. The first kappa shape index (κ1) is 28.4. The van der Waals surface area contributed by atoms with E-state index in [1.165, 1.54) is 35.1 Å². The Kier molecular flexibility index (Phi) is 9.43. The fourth-order valence-corrected chi connectivity index (χ4v) is 6.01. The van der Waals surface area contributed by atoms with Gasteiger partial charge in [0.25, 0.3) is 0 Å². The highest BCUT2D eigenvalue weighted by molar-refractivity contribution is 6.27. The highest BCUT2D eigenvalue weighted by atomic mass is 19.1. The predicted molar refractivity (Wildman–Crippen MR) is 146 cm³/mol. The van der Waals surface area contributed by atoms with E-state index in [2.05, 4.69) is 46.7 Å². The first-order valence-electron chi connectivity index (χ1n) is 13.4. The Morgan fingerprint density at radius 1 is 0.923 bits per heavy atom. The molecule has 1 unspecified atom stereocenters. The van der Waals surface area contributed by atoms with Crippen molar-refractivity contribution in [3.05, 3.63) is 90.0 Å². The molecule has 0 amide bonds. The second kappa shape index (κ2) is 13.0. The number of rotatable bonds is 7. The third-order valence-corrected chi connectivity index (χ3v) is 7.91. The molecule has 1 saturated carbocycles. The molecule has 206 valence electrons. The second-order valence-corrected chi connectivity index (χ2v) is 10.4. The zero-order valence-electron chi connectivity index (χ0n) is 21.9. The number of aromatic nitrogens is 1. The molecule has 1 aliphatic heterocycles. The summed E-state index contributed by atoms with van der Waals surface area (Å²) in [5.41, 5.74) is 5.04. The van der Waals surface area contributed by atoms with Crippen LogP contribution >= 0.6 is 0 Å². The normalized spacial score (nSPS) is 19.7. The summed E-state index contributed by atoms with van der Waals surface area (Å²) >= 11 is 0. The van der Waals surface area contributed by atoms with Crippen LogP contribution in [-0.2, 0) is 26.3 Å². The zero-order valence-corrected chi connectivity index (χ0v) is 21.9. The standard InChI is InChI=1S/C29H33FN2O.C2H2O4/c30-26-9-7-25(8-10-26)28(16-20-33-29(22-28)13-3-4-14-29)15-19-32-21-24-5-1-2-6-27(24)23-11-17-31-18-12-23;3-1(4)2(5)6/h1-2,5-12,17-18,32H,3-4,13-16,19-22H2;(H,3,4)(H,5,6). The van der Waals surface area contributed by atoms with Gasteiger partial charge in [-0.05, 0) is 85.2 Å². The molecule has 3 aromatic rings. The minimum Gasteiger partial charge on any atom is -0.473 e. The van der Waals surface area contributed by atoms with Crippen LogP contribution in [0.4, 0.5) is 4.39 Å². The van der Waals surface area contributed by atoms with Gasteiger partial charge in [-0.1, -0.05) is 49.2 Å². The van der Waals surface area contributed by atoms with Gasteiger partial charge in [-0.2, -0.15) is 0 Å². The van der Waals surface area contributed by atoms with Crippen molar-refractivity contribution in [2.75, 3.05) is 13.2 Å². The van der Waals surface area contributed by atoms with E-state index in [0.717, 1.165) is 51.8 Å². The summed E-state index contributed by atoms with van der Waals surface area (Å²) in [4.78, 5) is 22.3. The summed E-state index contributed by atoms with van der Waals surface area (Å²) in [6, 6.07) is 19.9. The van der Waals surface area contributed by atoms with Crippen molar-refractivity contribution in [1.82, 2.24) is 10.3 Å². The van der Waals surface area contributed by atoms with Gasteiger partial charge in [0.1, 0.15) is 5.82 Å². The molecular formula is C31H35FN2O5. The molecule has 0 bridgehead atoms. The maximum absolute atomic E-state index is 13.7. The Morgan fingerprint density at radius 2 is 1.59 bits per heavy atom. The van der Waals surface area contributed by atoms with Gasteiger partial charge < -0.3 is 20.3 Å². The van der Waals surface area contributed by atoms with E-state index in [1.54, 1.807) is 12.1 Å². The molecule has 7 nitrogen and oxygen atoms in total. The van der Waals surface area contributed by atoms with Crippen molar-refractivity contribution in [2.45, 2.75) is 62.5 Å². The minimum atomic E-state index is -1.82. The molecule has 2 fully saturated rings. The highest BCUT2D eigenvalue weighted by Gasteiger charge is 2.47. The first-order chi connectivity index (χ1) is 18.8. The number of hydrogen-bond donors (Lipinski definition) is 3. The maximum Gasteiger partial charge on any atom is 0.414 e. The van der Waals surface area contributed by atoms with Crippen LogP contribution in [0.2, 0.25) is 0 Å².